The fourth-order valence-corrected chi connectivity index (χ4v) is 3.39. The summed E-state index contributed by atoms with van der Waals surface area (Å²) in [7, 11) is 1.44. The Balaban J connectivity index is 2.32. The molecule has 1 aliphatic rings. The van der Waals surface area contributed by atoms with Gasteiger partial charge in [0.1, 0.15) is 5.75 Å². The van der Waals surface area contributed by atoms with Crippen molar-refractivity contribution >= 4 is 46.4 Å². The summed E-state index contributed by atoms with van der Waals surface area (Å²) in [5, 5.41) is 14.6. The van der Waals surface area contributed by atoms with E-state index in [2.05, 4.69) is 5.32 Å². The van der Waals surface area contributed by atoms with E-state index in [1.165, 1.54) is 25.3 Å². The molecule has 1 heterocycles. The summed E-state index contributed by atoms with van der Waals surface area (Å²) >= 11 is 18.1. The third-order valence-electron chi connectivity index (χ3n) is 3.54. The molecule has 0 aromatic heterocycles. The van der Waals surface area contributed by atoms with Crippen LogP contribution in [0.3, 0.4) is 0 Å². The minimum Gasteiger partial charge on any atom is -0.496 e. The van der Waals surface area contributed by atoms with Crippen molar-refractivity contribution in [2.75, 3.05) is 12.4 Å². The highest BCUT2D eigenvalue weighted by molar-refractivity contribution is 6.37. The second-order valence-electron chi connectivity index (χ2n) is 4.82. The van der Waals surface area contributed by atoms with Gasteiger partial charge in [0.15, 0.2) is 0 Å². The van der Waals surface area contributed by atoms with Crippen LogP contribution in [-0.4, -0.2) is 18.1 Å². The number of ether oxygens (including phenoxy) is 1. The molecule has 1 aliphatic heterocycles. The normalized spacial score (nSPS) is 19.8. The Labute approximate surface area is 141 Å². The Morgan fingerprint density at radius 3 is 2.55 bits per heavy atom. The van der Waals surface area contributed by atoms with Crippen LogP contribution in [0.25, 0.3) is 0 Å². The van der Waals surface area contributed by atoms with E-state index >= 15 is 0 Å². The molecule has 1 amide bonds. The van der Waals surface area contributed by atoms with Crippen LogP contribution in [0, 0.1) is 0 Å². The SMILES string of the molecule is COc1ccc(Cl)cc1C1(O)C(=O)Nc2cc(Cl)cc(Cl)c21. The standard InChI is InChI=1S/C15H10Cl3NO3/c1-22-12-3-2-7(16)4-9(12)15(21)13-10(18)5-8(17)6-11(13)19-14(15)20/h2-6,21H,1H3,(H,19,20). The molecule has 0 radical (unpaired) electrons. The maximum atomic E-state index is 12.4. The van der Waals surface area contributed by atoms with Crippen molar-refractivity contribution in [3.8, 4) is 5.75 Å². The monoisotopic (exact) mass is 357 g/mol. The summed E-state index contributed by atoms with van der Waals surface area (Å²) in [5.74, 6) is -0.326. The first-order valence-corrected chi connectivity index (χ1v) is 7.38. The number of carbonyl (C=O) groups is 1. The van der Waals surface area contributed by atoms with Crippen LogP contribution >= 0.6 is 34.8 Å². The fraction of sp³-hybridized carbons (Fsp3) is 0.133. The molecule has 4 nitrogen and oxygen atoms in total. The molecule has 2 aromatic rings. The lowest BCUT2D eigenvalue weighted by molar-refractivity contribution is -0.129. The molecule has 1 unspecified atom stereocenters. The van der Waals surface area contributed by atoms with Crippen LogP contribution < -0.4 is 10.1 Å². The average molecular weight is 359 g/mol. The lowest BCUT2D eigenvalue weighted by Gasteiger charge is -2.24. The number of halogens is 3. The molecule has 7 heteroatoms. The van der Waals surface area contributed by atoms with Crippen LogP contribution in [0.2, 0.25) is 15.1 Å². The highest BCUT2D eigenvalue weighted by Gasteiger charge is 2.50. The van der Waals surface area contributed by atoms with Gasteiger partial charge < -0.3 is 15.2 Å². The molecule has 0 saturated carbocycles. The predicted octanol–water partition coefficient (Wildman–Crippen LogP) is 3.84. The molecule has 3 rings (SSSR count). The van der Waals surface area contributed by atoms with Crippen LogP contribution in [0.5, 0.6) is 5.75 Å². The summed E-state index contributed by atoms with van der Waals surface area (Å²) in [4.78, 5) is 12.4. The Hall–Kier alpha value is -1.46. The van der Waals surface area contributed by atoms with Gasteiger partial charge in [-0.15, -0.1) is 0 Å². The van der Waals surface area contributed by atoms with Crippen molar-refractivity contribution in [2.45, 2.75) is 5.60 Å². The molecule has 0 fully saturated rings. The predicted molar refractivity (Wildman–Crippen MR) is 86.1 cm³/mol. The number of nitrogens with one attached hydrogen (secondary N) is 1. The molecule has 0 bridgehead atoms. The van der Waals surface area contributed by atoms with Gasteiger partial charge in [0.2, 0.25) is 5.60 Å². The first-order chi connectivity index (χ1) is 10.4. The summed E-state index contributed by atoms with van der Waals surface area (Å²) < 4.78 is 5.24. The van der Waals surface area contributed by atoms with E-state index in [1.54, 1.807) is 12.1 Å². The molecular weight excluding hydrogens is 349 g/mol. The molecule has 2 aromatic carbocycles. The summed E-state index contributed by atoms with van der Waals surface area (Å²) in [6.45, 7) is 0. The van der Waals surface area contributed by atoms with Gasteiger partial charge >= 0.3 is 0 Å². The largest absolute Gasteiger partial charge is 0.496 e. The van der Waals surface area contributed by atoms with Crippen LogP contribution in [0.1, 0.15) is 11.1 Å². The van der Waals surface area contributed by atoms with Crippen molar-refractivity contribution in [3.05, 3.63) is 56.5 Å². The fourth-order valence-electron chi connectivity index (χ4n) is 2.59. The van der Waals surface area contributed by atoms with Crippen LogP contribution in [0.4, 0.5) is 5.69 Å². The molecule has 0 saturated heterocycles. The number of hydrogen-bond donors (Lipinski definition) is 2. The second-order valence-corrected chi connectivity index (χ2v) is 6.10. The lowest BCUT2D eigenvalue weighted by atomic mass is 9.87. The molecule has 114 valence electrons. The third-order valence-corrected chi connectivity index (χ3v) is 4.30. The van der Waals surface area contributed by atoms with E-state index < -0.39 is 11.5 Å². The van der Waals surface area contributed by atoms with Gasteiger partial charge in [0.05, 0.1) is 17.8 Å². The van der Waals surface area contributed by atoms with E-state index in [1.807, 2.05) is 0 Å². The van der Waals surface area contributed by atoms with Crippen LogP contribution in [-0.2, 0) is 10.4 Å². The number of carbonyl (C=O) groups excluding carboxylic acids is 1. The van der Waals surface area contributed by atoms with E-state index in [-0.39, 0.29) is 16.1 Å². The van der Waals surface area contributed by atoms with E-state index in [9.17, 15) is 9.90 Å². The minimum absolute atomic E-state index is 0.172. The Morgan fingerprint density at radius 2 is 1.86 bits per heavy atom. The quantitative estimate of drug-likeness (QED) is 0.857. The number of fused-ring (bicyclic) bond motifs is 1. The third kappa shape index (κ3) is 2.15. The maximum absolute atomic E-state index is 12.4. The zero-order valence-corrected chi connectivity index (χ0v) is 13.6. The first-order valence-electron chi connectivity index (χ1n) is 6.25. The number of amides is 1. The summed E-state index contributed by atoms with van der Waals surface area (Å²) in [6.07, 6.45) is 0. The van der Waals surface area contributed by atoms with Crippen molar-refractivity contribution in [3.63, 3.8) is 0 Å². The number of aliphatic hydroxyl groups is 1. The van der Waals surface area contributed by atoms with Crippen molar-refractivity contribution < 1.29 is 14.6 Å². The molecule has 2 N–H and O–H groups in total. The highest BCUT2D eigenvalue weighted by atomic mass is 35.5. The Kier molecular flexibility index (Phi) is 3.73. The minimum atomic E-state index is -2.01. The zero-order chi connectivity index (χ0) is 16.1. The Bertz CT molecular complexity index is 794. The van der Waals surface area contributed by atoms with E-state index in [4.69, 9.17) is 39.5 Å². The van der Waals surface area contributed by atoms with Gasteiger partial charge in [-0.2, -0.15) is 0 Å². The number of hydrogen-bond acceptors (Lipinski definition) is 3. The smallest absolute Gasteiger partial charge is 0.266 e. The van der Waals surface area contributed by atoms with Crippen molar-refractivity contribution in [1.29, 1.82) is 0 Å². The van der Waals surface area contributed by atoms with Gasteiger partial charge in [0, 0.05) is 21.2 Å². The topological polar surface area (TPSA) is 58.6 Å². The van der Waals surface area contributed by atoms with Gasteiger partial charge in [-0.25, -0.2) is 0 Å². The molecular formula is C15H10Cl3NO3. The lowest BCUT2D eigenvalue weighted by Crippen LogP contribution is -2.36. The van der Waals surface area contributed by atoms with Gasteiger partial charge in [-0.1, -0.05) is 34.8 Å². The van der Waals surface area contributed by atoms with Crippen LogP contribution in [0.15, 0.2) is 30.3 Å². The molecule has 22 heavy (non-hydrogen) atoms. The van der Waals surface area contributed by atoms with Crippen molar-refractivity contribution in [2.24, 2.45) is 0 Å². The number of rotatable bonds is 2. The zero-order valence-electron chi connectivity index (χ0n) is 11.3. The Morgan fingerprint density at radius 1 is 1.14 bits per heavy atom. The molecule has 1 atom stereocenters. The summed E-state index contributed by atoms with van der Waals surface area (Å²) in [6, 6.07) is 7.63. The highest BCUT2D eigenvalue weighted by Crippen LogP contribution is 2.48. The van der Waals surface area contributed by atoms with Gasteiger partial charge in [-0.3, -0.25) is 4.79 Å². The number of methoxy groups -OCH3 is 1. The molecule has 0 spiro atoms. The summed E-state index contributed by atoms with van der Waals surface area (Å²) in [5.41, 5.74) is -1.22. The maximum Gasteiger partial charge on any atom is 0.266 e. The van der Waals surface area contributed by atoms with Gasteiger partial charge in [0.25, 0.3) is 5.91 Å². The van der Waals surface area contributed by atoms with E-state index in [0.29, 0.717) is 21.5 Å². The van der Waals surface area contributed by atoms with E-state index in [0.717, 1.165) is 0 Å². The van der Waals surface area contributed by atoms with Crippen molar-refractivity contribution in [1.82, 2.24) is 0 Å². The van der Waals surface area contributed by atoms with Gasteiger partial charge in [-0.05, 0) is 30.3 Å². The average Bonchev–Trinajstić information content (AvgIpc) is 2.71. The number of benzene rings is 2. The number of anilines is 1. The first kappa shape index (κ1) is 15.4. The second kappa shape index (κ2) is 5.32. The molecule has 0 aliphatic carbocycles.